The van der Waals surface area contributed by atoms with Gasteiger partial charge in [-0.15, -0.1) is 11.8 Å². The number of aromatic nitrogens is 1. The molecule has 3 rings (SSSR count). The molecule has 0 aliphatic heterocycles. The number of thioether (sulfide) groups is 1. The number of hydrogen-bond donors (Lipinski definition) is 2. The first-order valence-corrected chi connectivity index (χ1v) is 11.5. The highest BCUT2D eigenvalue weighted by atomic mass is 32.2. The van der Waals surface area contributed by atoms with Gasteiger partial charge in [-0.25, -0.2) is 4.98 Å². The molecule has 1 heterocycles. The Hall–Kier alpha value is -2.14. The van der Waals surface area contributed by atoms with Crippen molar-refractivity contribution in [2.75, 3.05) is 5.75 Å². The van der Waals surface area contributed by atoms with Crippen molar-refractivity contribution < 1.29 is 19.6 Å². The maximum atomic E-state index is 11.9. The lowest BCUT2D eigenvalue weighted by Gasteiger charge is -2.28. The number of pyridine rings is 1. The van der Waals surface area contributed by atoms with Gasteiger partial charge in [0.05, 0.1) is 24.9 Å². The van der Waals surface area contributed by atoms with E-state index in [1.807, 2.05) is 66.7 Å². The van der Waals surface area contributed by atoms with Crippen LogP contribution in [0.15, 0.2) is 71.8 Å². The minimum atomic E-state index is -1.75. The number of aliphatic carboxylic acids is 1. The molecule has 152 valence electrons. The molecule has 2 N–H and O–H groups in total. The highest BCUT2D eigenvalue weighted by Crippen LogP contribution is 2.38. The Kier molecular flexibility index (Phi) is 7.48. The summed E-state index contributed by atoms with van der Waals surface area (Å²) in [6.07, 6.45) is 1.58. The van der Waals surface area contributed by atoms with E-state index in [0.29, 0.717) is 17.9 Å². The zero-order valence-corrected chi connectivity index (χ0v) is 17.9. The summed E-state index contributed by atoms with van der Waals surface area (Å²) in [4.78, 5) is 16.4. The third kappa shape index (κ3) is 5.69. The second-order valence-corrected chi connectivity index (χ2v) is 9.24. The summed E-state index contributed by atoms with van der Waals surface area (Å²) in [6, 6.07) is 21.2. The largest absolute Gasteiger partial charge is 0.481 e. The van der Waals surface area contributed by atoms with E-state index in [2.05, 4.69) is 4.98 Å². The van der Waals surface area contributed by atoms with Gasteiger partial charge in [0.15, 0.2) is 0 Å². The summed E-state index contributed by atoms with van der Waals surface area (Å²) < 4.78 is 11.9. The smallest absolute Gasteiger partial charge is 0.309 e. The van der Waals surface area contributed by atoms with Gasteiger partial charge in [-0.1, -0.05) is 54.6 Å². The Labute approximate surface area is 175 Å². The Balaban J connectivity index is 1.66. The van der Waals surface area contributed by atoms with Gasteiger partial charge in [0.1, 0.15) is 5.34 Å². The number of fused-ring (bicyclic) bond motifs is 1. The van der Waals surface area contributed by atoms with Crippen LogP contribution < -0.4 is 0 Å². The van der Waals surface area contributed by atoms with Gasteiger partial charge in [0, 0.05) is 11.1 Å². The van der Waals surface area contributed by atoms with Crippen LogP contribution in [-0.2, 0) is 15.8 Å². The number of hydrogen-bond acceptors (Lipinski definition) is 5. The standard InChI is InChI=1S/C22H24NO4PS/c24-21(25)18(11-6-9-16-7-2-1-3-8-16)22(26,28-27)15-29-20-14-13-17-10-4-5-12-19(17)23-20/h1-5,7-8,10,12-14,18,26H,6,9,11,15,28H2,(H,24,25). The minimum absolute atomic E-state index is 0.0273. The molecule has 3 aromatic rings. The average Bonchev–Trinajstić information content (AvgIpc) is 2.75. The Bertz CT molecular complexity index is 985. The van der Waals surface area contributed by atoms with Crippen molar-refractivity contribution in [2.45, 2.75) is 29.6 Å². The van der Waals surface area contributed by atoms with E-state index in [0.717, 1.165) is 16.5 Å². The number of carbonyl (C=O) groups is 1. The molecule has 3 atom stereocenters. The van der Waals surface area contributed by atoms with Gasteiger partial charge < -0.3 is 14.8 Å². The van der Waals surface area contributed by atoms with Crippen LogP contribution >= 0.6 is 20.2 Å². The van der Waals surface area contributed by atoms with Crippen molar-refractivity contribution in [1.82, 2.24) is 4.98 Å². The number of carboxylic acid groups (broad SMARTS) is 1. The summed E-state index contributed by atoms with van der Waals surface area (Å²) in [6.45, 7) is 0. The number of nitrogens with zero attached hydrogens (tertiary/aromatic N) is 1. The fraction of sp³-hybridized carbons (Fsp3) is 0.273. The zero-order valence-electron chi connectivity index (χ0n) is 15.9. The molecule has 0 saturated carbocycles. The van der Waals surface area contributed by atoms with Crippen LogP contribution in [0, 0.1) is 5.92 Å². The summed E-state index contributed by atoms with van der Waals surface area (Å²) in [7, 11) is -1.68. The topological polar surface area (TPSA) is 87.5 Å². The molecular weight excluding hydrogens is 405 g/mol. The molecule has 2 aromatic carbocycles. The Morgan fingerprint density at radius 1 is 1.07 bits per heavy atom. The fourth-order valence-corrected chi connectivity index (χ4v) is 5.18. The first-order chi connectivity index (χ1) is 14.0. The van der Waals surface area contributed by atoms with E-state index < -0.39 is 25.7 Å². The predicted molar refractivity (Wildman–Crippen MR) is 118 cm³/mol. The second kappa shape index (κ2) is 10.1. The number of aliphatic hydroxyl groups is 1. The van der Waals surface area contributed by atoms with Crippen LogP contribution in [0.5, 0.6) is 0 Å². The van der Waals surface area contributed by atoms with E-state index >= 15 is 0 Å². The number of carboxylic acids is 1. The Morgan fingerprint density at radius 3 is 2.52 bits per heavy atom. The van der Waals surface area contributed by atoms with E-state index in [4.69, 9.17) is 0 Å². The van der Waals surface area contributed by atoms with Crippen molar-refractivity contribution in [1.29, 1.82) is 0 Å². The van der Waals surface area contributed by atoms with Crippen molar-refractivity contribution in [2.24, 2.45) is 5.92 Å². The van der Waals surface area contributed by atoms with Crippen LogP contribution in [0.2, 0.25) is 0 Å². The van der Waals surface area contributed by atoms with Crippen LogP contribution in [0.3, 0.4) is 0 Å². The third-order valence-corrected chi connectivity index (χ3v) is 7.37. The molecule has 0 spiro atoms. The van der Waals surface area contributed by atoms with E-state index in [9.17, 15) is 19.6 Å². The van der Waals surface area contributed by atoms with E-state index in [1.54, 1.807) is 0 Å². The van der Waals surface area contributed by atoms with Gasteiger partial charge >= 0.3 is 5.97 Å². The molecule has 7 heteroatoms. The van der Waals surface area contributed by atoms with Crippen LogP contribution in [-0.4, -0.2) is 32.3 Å². The highest BCUT2D eigenvalue weighted by Gasteiger charge is 2.40. The van der Waals surface area contributed by atoms with Gasteiger partial charge in [0.25, 0.3) is 0 Å². The van der Waals surface area contributed by atoms with Gasteiger partial charge in [-0.05, 0) is 37.0 Å². The molecule has 0 radical (unpaired) electrons. The molecule has 0 bridgehead atoms. The number of rotatable bonds is 10. The molecule has 0 saturated heterocycles. The maximum Gasteiger partial charge on any atom is 0.309 e. The molecular formula is C22H24NO4PS. The number of aryl methyl sites for hydroxylation is 1. The summed E-state index contributed by atoms with van der Waals surface area (Å²) >= 11 is 1.24. The molecule has 0 aliphatic rings. The molecule has 29 heavy (non-hydrogen) atoms. The third-order valence-electron chi connectivity index (χ3n) is 4.93. The van der Waals surface area contributed by atoms with Crippen LogP contribution in [0.25, 0.3) is 10.9 Å². The van der Waals surface area contributed by atoms with E-state index in [1.165, 1.54) is 11.8 Å². The van der Waals surface area contributed by atoms with Crippen molar-refractivity contribution in [3.63, 3.8) is 0 Å². The fourth-order valence-electron chi connectivity index (χ4n) is 3.28. The van der Waals surface area contributed by atoms with Gasteiger partial charge in [0.2, 0.25) is 0 Å². The second-order valence-electron chi connectivity index (χ2n) is 7.01. The van der Waals surface area contributed by atoms with Crippen molar-refractivity contribution in [3.8, 4) is 0 Å². The molecule has 0 fully saturated rings. The summed E-state index contributed by atoms with van der Waals surface area (Å²) in [5.74, 6) is -2.16. The quantitative estimate of drug-likeness (QED) is 0.365. The monoisotopic (exact) mass is 429 g/mol. The maximum absolute atomic E-state index is 11.9. The first kappa shape index (κ1) is 21.6. The Morgan fingerprint density at radius 2 is 1.79 bits per heavy atom. The van der Waals surface area contributed by atoms with Gasteiger partial charge in [-0.2, -0.15) is 0 Å². The zero-order chi connectivity index (χ0) is 20.7. The average molecular weight is 429 g/mol. The molecule has 5 nitrogen and oxygen atoms in total. The lowest BCUT2D eigenvalue weighted by atomic mass is 9.95. The molecule has 3 unspecified atom stereocenters. The normalized spacial score (nSPS) is 14.8. The molecule has 1 aromatic heterocycles. The highest BCUT2D eigenvalue weighted by molar-refractivity contribution is 7.99. The SMILES string of the molecule is O=[PH2]C(O)(CSc1ccc2ccccc2n1)C(CCCc1ccccc1)C(=O)O. The number of benzene rings is 2. The molecule has 0 aliphatic carbocycles. The summed E-state index contributed by atoms with van der Waals surface area (Å²) in [5, 5.41) is 20.5. The van der Waals surface area contributed by atoms with Crippen LogP contribution in [0.1, 0.15) is 18.4 Å². The first-order valence-electron chi connectivity index (χ1n) is 9.46. The minimum Gasteiger partial charge on any atom is -0.481 e. The predicted octanol–water partition coefficient (Wildman–Crippen LogP) is 4.50. The lowest BCUT2D eigenvalue weighted by molar-refractivity contribution is -0.146. The van der Waals surface area contributed by atoms with Crippen molar-refractivity contribution in [3.05, 3.63) is 72.3 Å². The van der Waals surface area contributed by atoms with Crippen LogP contribution in [0.4, 0.5) is 0 Å². The lowest BCUT2D eigenvalue weighted by Crippen LogP contribution is -2.40. The summed E-state index contributed by atoms with van der Waals surface area (Å²) in [5.41, 5.74) is 1.94. The van der Waals surface area contributed by atoms with Crippen molar-refractivity contribution >= 4 is 37.1 Å². The van der Waals surface area contributed by atoms with E-state index in [-0.39, 0.29) is 12.2 Å². The number of para-hydroxylation sites is 1. The molecule has 0 amide bonds. The van der Waals surface area contributed by atoms with Gasteiger partial charge in [-0.3, -0.25) is 4.79 Å².